The quantitative estimate of drug-likeness (QED) is 0.738. The third-order valence-electron chi connectivity index (χ3n) is 3.44. The first-order valence-corrected chi connectivity index (χ1v) is 8.36. The predicted octanol–water partition coefficient (Wildman–Crippen LogP) is 3.42. The van der Waals surface area contributed by atoms with E-state index in [1.165, 1.54) is 0 Å². The van der Waals surface area contributed by atoms with Crippen molar-refractivity contribution in [1.82, 2.24) is 10.4 Å². The van der Waals surface area contributed by atoms with Crippen molar-refractivity contribution in [2.45, 2.75) is 85.0 Å². The van der Waals surface area contributed by atoms with Crippen LogP contribution >= 0.6 is 0 Å². The summed E-state index contributed by atoms with van der Waals surface area (Å²) in [5.41, 5.74) is 0.937. The Balaban J connectivity index is 2.96. The summed E-state index contributed by atoms with van der Waals surface area (Å²) >= 11 is 0. The summed E-state index contributed by atoms with van der Waals surface area (Å²) in [7, 11) is 0. The van der Waals surface area contributed by atoms with Gasteiger partial charge in [-0.25, -0.2) is 20.0 Å². The zero-order valence-electron chi connectivity index (χ0n) is 15.8. The molecule has 0 aromatic carbocycles. The van der Waals surface area contributed by atoms with Crippen LogP contribution in [0.25, 0.3) is 0 Å². The van der Waals surface area contributed by atoms with E-state index in [1.54, 1.807) is 41.5 Å². The molecule has 0 spiro atoms. The number of carbonyl (C=O) groups excluding carboxylic acids is 3. The number of hydrazine groups is 1. The number of nitrogens with one attached hydrogen (secondary N) is 1. The van der Waals surface area contributed by atoms with Crippen molar-refractivity contribution in [3.8, 4) is 0 Å². The maximum Gasteiger partial charge on any atom is 0.429 e. The zero-order valence-corrected chi connectivity index (χ0v) is 15.8. The summed E-state index contributed by atoms with van der Waals surface area (Å²) < 4.78 is 10.5. The Labute approximate surface area is 144 Å². The highest BCUT2D eigenvalue weighted by Crippen LogP contribution is 2.25. The Hall–Kier alpha value is -1.79. The number of rotatable bonds is 1. The molecule has 7 heteroatoms. The Bertz CT molecular complexity index is 490. The lowest BCUT2D eigenvalue weighted by atomic mass is 9.85. The van der Waals surface area contributed by atoms with Gasteiger partial charge in [0.05, 0.1) is 0 Å². The predicted molar refractivity (Wildman–Crippen MR) is 89.3 cm³/mol. The van der Waals surface area contributed by atoms with Crippen molar-refractivity contribution in [3.63, 3.8) is 0 Å². The van der Waals surface area contributed by atoms with Crippen molar-refractivity contribution in [3.05, 3.63) is 0 Å². The number of ether oxygens (including phenoxy) is 2. The van der Waals surface area contributed by atoms with E-state index in [4.69, 9.17) is 9.47 Å². The fourth-order valence-corrected chi connectivity index (χ4v) is 2.45. The highest BCUT2D eigenvalue weighted by atomic mass is 16.6. The first-order chi connectivity index (χ1) is 10.8. The second-order valence-electron chi connectivity index (χ2n) is 8.21. The maximum atomic E-state index is 12.5. The molecule has 0 bridgehead atoms. The van der Waals surface area contributed by atoms with Gasteiger partial charge in [0.2, 0.25) is 0 Å². The Morgan fingerprint density at radius 1 is 1.04 bits per heavy atom. The van der Waals surface area contributed by atoms with Gasteiger partial charge in [0.1, 0.15) is 17.2 Å². The summed E-state index contributed by atoms with van der Waals surface area (Å²) in [5.74, 6) is -0.239. The van der Waals surface area contributed by atoms with Crippen LogP contribution in [0.5, 0.6) is 0 Å². The minimum absolute atomic E-state index is 0.0804. The Kier molecular flexibility index (Phi) is 6.25. The van der Waals surface area contributed by atoms with Gasteiger partial charge < -0.3 is 9.47 Å². The number of amides is 2. The molecule has 0 aromatic rings. The molecule has 0 saturated heterocycles. The largest absolute Gasteiger partial charge is 0.443 e. The molecule has 138 valence electrons. The third kappa shape index (κ3) is 6.37. The van der Waals surface area contributed by atoms with Gasteiger partial charge in [-0.2, -0.15) is 0 Å². The van der Waals surface area contributed by atoms with Crippen LogP contribution in [0.15, 0.2) is 0 Å². The fourth-order valence-electron chi connectivity index (χ4n) is 2.45. The highest BCUT2D eigenvalue weighted by Gasteiger charge is 2.39. The van der Waals surface area contributed by atoms with E-state index in [0.717, 1.165) is 17.9 Å². The lowest BCUT2D eigenvalue weighted by Crippen LogP contribution is -2.58. The van der Waals surface area contributed by atoms with Gasteiger partial charge in [-0.1, -0.05) is 13.3 Å². The molecule has 1 rings (SSSR count). The molecule has 2 unspecified atom stereocenters. The first kappa shape index (κ1) is 20.3. The molecule has 0 aromatic heterocycles. The molecule has 7 nitrogen and oxygen atoms in total. The third-order valence-corrected chi connectivity index (χ3v) is 3.44. The van der Waals surface area contributed by atoms with Crippen LogP contribution in [0.2, 0.25) is 0 Å². The number of carbonyl (C=O) groups is 3. The molecular weight excluding hydrogens is 312 g/mol. The van der Waals surface area contributed by atoms with E-state index in [0.29, 0.717) is 6.42 Å². The molecular formula is C17H30N2O5. The van der Waals surface area contributed by atoms with Crippen molar-refractivity contribution >= 4 is 18.0 Å². The zero-order chi connectivity index (χ0) is 18.7. The van der Waals surface area contributed by atoms with Crippen LogP contribution < -0.4 is 5.43 Å². The summed E-state index contributed by atoms with van der Waals surface area (Å²) in [4.78, 5) is 37.0. The number of nitrogens with zero attached hydrogens (tertiary/aromatic N) is 1. The number of hydrogen-bond acceptors (Lipinski definition) is 5. The molecule has 24 heavy (non-hydrogen) atoms. The van der Waals surface area contributed by atoms with Gasteiger partial charge in [0.15, 0.2) is 5.78 Å². The van der Waals surface area contributed by atoms with Crippen molar-refractivity contribution < 1.29 is 23.9 Å². The topological polar surface area (TPSA) is 84.9 Å². The molecule has 1 saturated carbocycles. The van der Waals surface area contributed by atoms with E-state index in [2.05, 4.69) is 5.43 Å². The van der Waals surface area contributed by atoms with E-state index >= 15 is 0 Å². The molecule has 1 N–H and O–H groups in total. The maximum absolute atomic E-state index is 12.5. The molecule has 1 fully saturated rings. The van der Waals surface area contributed by atoms with E-state index in [9.17, 15) is 14.4 Å². The first-order valence-electron chi connectivity index (χ1n) is 8.36. The standard InChI is InChI=1S/C17H30N2O5/c1-11-9-8-10-12(13(11)20)19(15(22)24-17(5,6)7)18-14(21)23-16(2,3)4/h11-12H,8-10H2,1-7H3,(H,18,21). The summed E-state index contributed by atoms with van der Waals surface area (Å²) in [6, 6.07) is -0.740. The fraction of sp³-hybridized carbons (Fsp3) is 0.824. The average Bonchev–Trinajstić information content (AvgIpc) is 2.35. The number of Topliss-reactive ketones (excluding diaryl/α,β-unsaturated/α-hetero) is 1. The molecule has 0 heterocycles. The normalized spacial score (nSPS) is 21.9. The van der Waals surface area contributed by atoms with Crippen LogP contribution in [0.1, 0.15) is 67.7 Å². The van der Waals surface area contributed by atoms with Gasteiger partial charge in [0, 0.05) is 5.92 Å². The Morgan fingerprint density at radius 2 is 1.58 bits per heavy atom. The number of ketones is 1. The van der Waals surface area contributed by atoms with E-state index in [-0.39, 0.29) is 11.7 Å². The summed E-state index contributed by atoms with van der Waals surface area (Å²) in [5, 5.41) is 0.983. The summed E-state index contributed by atoms with van der Waals surface area (Å²) in [6.07, 6.45) is 0.509. The van der Waals surface area contributed by atoms with Gasteiger partial charge in [-0.3, -0.25) is 4.79 Å². The van der Waals surface area contributed by atoms with Crippen LogP contribution in [-0.2, 0) is 14.3 Å². The SMILES string of the molecule is CC1CCCC(N(NC(=O)OC(C)(C)C)C(=O)OC(C)(C)C)C1=O. The molecule has 2 atom stereocenters. The van der Waals surface area contributed by atoms with Gasteiger partial charge in [0.25, 0.3) is 0 Å². The smallest absolute Gasteiger partial charge is 0.429 e. The second-order valence-corrected chi connectivity index (χ2v) is 8.21. The lowest BCUT2D eigenvalue weighted by Gasteiger charge is -2.36. The van der Waals surface area contributed by atoms with Crippen LogP contribution in [-0.4, -0.2) is 40.2 Å². The Morgan fingerprint density at radius 3 is 2.08 bits per heavy atom. The molecule has 1 aliphatic rings. The van der Waals surface area contributed by atoms with Crippen LogP contribution in [0, 0.1) is 5.92 Å². The van der Waals surface area contributed by atoms with Crippen molar-refractivity contribution in [1.29, 1.82) is 0 Å². The van der Waals surface area contributed by atoms with E-state index < -0.39 is 29.4 Å². The van der Waals surface area contributed by atoms with Gasteiger partial charge >= 0.3 is 12.2 Å². The van der Waals surface area contributed by atoms with Gasteiger partial charge in [-0.15, -0.1) is 0 Å². The number of hydrogen-bond donors (Lipinski definition) is 1. The molecule has 0 aliphatic heterocycles. The minimum Gasteiger partial charge on any atom is -0.443 e. The minimum atomic E-state index is -0.792. The average molecular weight is 342 g/mol. The van der Waals surface area contributed by atoms with Crippen molar-refractivity contribution in [2.24, 2.45) is 5.92 Å². The molecule has 2 amide bonds. The monoisotopic (exact) mass is 342 g/mol. The second kappa shape index (κ2) is 7.40. The molecule has 1 aliphatic carbocycles. The van der Waals surface area contributed by atoms with Crippen molar-refractivity contribution in [2.75, 3.05) is 0 Å². The van der Waals surface area contributed by atoms with E-state index in [1.807, 2.05) is 6.92 Å². The van der Waals surface area contributed by atoms with Gasteiger partial charge in [-0.05, 0) is 54.4 Å². The molecule has 0 radical (unpaired) electrons. The lowest BCUT2D eigenvalue weighted by molar-refractivity contribution is -0.131. The highest BCUT2D eigenvalue weighted by molar-refractivity contribution is 5.90. The van der Waals surface area contributed by atoms with Crippen LogP contribution in [0.3, 0.4) is 0 Å². The summed E-state index contributed by atoms with van der Waals surface area (Å²) in [6.45, 7) is 12.2. The van der Waals surface area contributed by atoms with Crippen LogP contribution in [0.4, 0.5) is 9.59 Å².